The van der Waals surface area contributed by atoms with Gasteiger partial charge in [-0.15, -0.1) is 12.4 Å². The number of fused-ring (bicyclic) bond motifs is 1. The molecular formula is C25H34Cl2N2O3S. The molecule has 3 unspecified atom stereocenters. The number of nitrogens with two attached hydrogens (primary N) is 1. The normalized spacial score (nSPS) is 23.4. The number of sulfone groups is 1. The topological polar surface area (TPSA) is 81.4 Å². The quantitative estimate of drug-likeness (QED) is 0.538. The summed E-state index contributed by atoms with van der Waals surface area (Å²) in [7, 11) is -3.38. The Kier molecular flexibility index (Phi) is 9.09. The van der Waals surface area contributed by atoms with E-state index in [-0.39, 0.29) is 36.2 Å². The molecule has 0 spiro atoms. The van der Waals surface area contributed by atoms with Crippen LogP contribution >= 0.6 is 24.0 Å². The van der Waals surface area contributed by atoms with Gasteiger partial charge in [0.25, 0.3) is 0 Å². The number of aryl methyl sites for hydroxylation is 1. The van der Waals surface area contributed by atoms with Crippen molar-refractivity contribution in [3.05, 3.63) is 64.2 Å². The Morgan fingerprint density at radius 1 is 1.21 bits per heavy atom. The van der Waals surface area contributed by atoms with Gasteiger partial charge in [-0.05, 0) is 86.0 Å². The Balaban J connectivity index is 0.00000306. The fraction of sp³-hybridized carbons (Fsp3) is 0.520. The van der Waals surface area contributed by atoms with Gasteiger partial charge in [0, 0.05) is 17.0 Å². The minimum atomic E-state index is -3.38. The molecule has 3 N–H and O–H groups in total. The van der Waals surface area contributed by atoms with Gasteiger partial charge in [0.2, 0.25) is 5.44 Å². The number of rotatable bonds is 8. The summed E-state index contributed by atoms with van der Waals surface area (Å²) in [5.41, 5.74) is 9.26. The highest BCUT2D eigenvalue weighted by atomic mass is 35.5. The molecule has 0 radical (unpaired) electrons. The van der Waals surface area contributed by atoms with Crippen LogP contribution in [0.3, 0.4) is 0 Å². The highest BCUT2D eigenvalue weighted by Crippen LogP contribution is 2.37. The number of nitrogens with one attached hydrogen (secondary N) is 1. The first-order chi connectivity index (χ1) is 15.4. The van der Waals surface area contributed by atoms with Gasteiger partial charge in [-0.25, -0.2) is 8.42 Å². The average Bonchev–Trinajstić information content (AvgIpc) is 3.28. The summed E-state index contributed by atoms with van der Waals surface area (Å²) in [5, 5.41) is 4.04. The van der Waals surface area contributed by atoms with Crippen LogP contribution in [0.5, 0.6) is 5.75 Å². The second-order valence-corrected chi connectivity index (χ2v) is 11.7. The van der Waals surface area contributed by atoms with Crippen molar-refractivity contribution in [2.75, 3.05) is 12.3 Å². The molecule has 5 nitrogen and oxygen atoms in total. The molecule has 2 aromatic rings. The molecule has 182 valence electrons. The maximum atomic E-state index is 13.0. The van der Waals surface area contributed by atoms with Gasteiger partial charge in [0.1, 0.15) is 5.75 Å². The second-order valence-electron chi connectivity index (χ2n) is 9.06. The van der Waals surface area contributed by atoms with Crippen molar-refractivity contribution in [2.45, 2.75) is 68.9 Å². The van der Waals surface area contributed by atoms with Gasteiger partial charge in [-0.3, -0.25) is 0 Å². The lowest BCUT2D eigenvalue weighted by molar-refractivity contribution is 0.230. The standard InChI is InChI=1S/C25H33ClN2O3S.ClH/c1-2-13-32(29,30)25(24-7-4-12-28-24)31-20-10-8-18-9-11-23(27)22(21(18)16-20)15-17-5-3-6-19(26)14-17;/h3,5-6,8,10,14,16,22-25,28H,2,4,7,9,11-13,15,27H2,1H3;1H/t22?,23?,24?,25-;/m1./s1. The summed E-state index contributed by atoms with van der Waals surface area (Å²) in [6.07, 6.45) is 4.99. The fourth-order valence-corrected chi connectivity index (χ4v) is 7.04. The SMILES string of the molecule is CCCS(=O)(=O)[C@@H](Oc1ccc2c(c1)C(Cc1cccc(Cl)c1)C(N)CC2)C1CCCN1.Cl. The number of hydrogen-bond acceptors (Lipinski definition) is 5. The van der Waals surface area contributed by atoms with E-state index >= 15 is 0 Å². The molecule has 1 aliphatic heterocycles. The molecule has 0 saturated carbocycles. The van der Waals surface area contributed by atoms with E-state index in [1.54, 1.807) is 0 Å². The van der Waals surface area contributed by atoms with Crippen LogP contribution in [-0.2, 0) is 22.7 Å². The van der Waals surface area contributed by atoms with Crippen molar-refractivity contribution in [3.63, 3.8) is 0 Å². The van der Waals surface area contributed by atoms with E-state index in [9.17, 15) is 8.42 Å². The predicted molar refractivity (Wildman–Crippen MR) is 137 cm³/mol. The first-order valence-corrected chi connectivity index (χ1v) is 13.7. The van der Waals surface area contributed by atoms with Gasteiger partial charge in [0.05, 0.1) is 11.8 Å². The third-order valence-electron chi connectivity index (χ3n) is 6.65. The van der Waals surface area contributed by atoms with E-state index in [0.29, 0.717) is 12.2 Å². The van der Waals surface area contributed by atoms with Gasteiger partial charge in [0.15, 0.2) is 9.84 Å². The largest absolute Gasteiger partial charge is 0.473 e. The Bertz CT molecular complexity index is 1040. The molecule has 0 bridgehead atoms. The van der Waals surface area contributed by atoms with Gasteiger partial charge in [-0.2, -0.15) is 0 Å². The van der Waals surface area contributed by atoms with E-state index in [2.05, 4.69) is 17.4 Å². The molecule has 33 heavy (non-hydrogen) atoms. The van der Waals surface area contributed by atoms with Crippen LogP contribution in [0.15, 0.2) is 42.5 Å². The molecule has 1 aliphatic carbocycles. The second kappa shape index (κ2) is 11.4. The van der Waals surface area contributed by atoms with Gasteiger partial charge >= 0.3 is 0 Å². The van der Waals surface area contributed by atoms with Crippen LogP contribution in [0.4, 0.5) is 0 Å². The van der Waals surface area contributed by atoms with Crippen molar-refractivity contribution < 1.29 is 13.2 Å². The molecule has 0 amide bonds. The first kappa shape index (κ1) is 26.3. The average molecular weight is 514 g/mol. The summed E-state index contributed by atoms with van der Waals surface area (Å²) in [4.78, 5) is 0. The highest BCUT2D eigenvalue weighted by Gasteiger charge is 2.37. The van der Waals surface area contributed by atoms with Gasteiger partial charge in [-0.1, -0.05) is 36.7 Å². The Morgan fingerprint density at radius 2 is 2.03 bits per heavy atom. The first-order valence-electron chi connectivity index (χ1n) is 11.6. The third kappa shape index (κ3) is 6.23. The van der Waals surface area contributed by atoms with E-state index in [4.69, 9.17) is 22.1 Å². The number of hydrogen-bond donors (Lipinski definition) is 2. The molecule has 8 heteroatoms. The molecule has 1 saturated heterocycles. The molecule has 0 aromatic heterocycles. The number of ether oxygens (including phenoxy) is 1. The monoisotopic (exact) mass is 512 g/mol. The predicted octanol–water partition coefficient (Wildman–Crippen LogP) is 4.64. The maximum Gasteiger partial charge on any atom is 0.214 e. The van der Waals surface area contributed by atoms with Crippen LogP contribution < -0.4 is 15.8 Å². The minimum Gasteiger partial charge on any atom is -0.473 e. The molecular weight excluding hydrogens is 479 g/mol. The highest BCUT2D eigenvalue weighted by molar-refractivity contribution is 7.91. The molecule has 4 atom stereocenters. The maximum absolute atomic E-state index is 13.0. The fourth-order valence-electron chi connectivity index (χ4n) is 5.04. The van der Waals surface area contributed by atoms with Crippen LogP contribution in [-0.4, -0.2) is 38.2 Å². The zero-order chi connectivity index (χ0) is 22.7. The Morgan fingerprint density at radius 3 is 2.73 bits per heavy atom. The van der Waals surface area contributed by atoms with Crippen molar-refractivity contribution >= 4 is 33.8 Å². The molecule has 2 aliphatic rings. The summed E-state index contributed by atoms with van der Waals surface area (Å²) >= 11 is 6.20. The van der Waals surface area contributed by atoms with Crippen LogP contribution in [0, 0.1) is 0 Å². The minimum absolute atomic E-state index is 0. The van der Waals surface area contributed by atoms with E-state index in [1.807, 2.05) is 37.3 Å². The zero-order valence-corrected chi connectivity index (χ0v) is 21.4. The summed E-state index contributed by atoms with van der Waals surface area (Å²) in [6, 6.07) is 13.8. The smallest absolute Gasteiger partial charge is 0.214 e. The summed E-state index contributed by atoms with van der Waals surface area (Å²) in [5.74, 6) is 0.867. The van der Waals surface area contributed by atoms with Crippen LogP contribution in [0.25, 0.3) is 0 Å². The van der Waals surface area contributed by atoms with E-state index < -0.39 is 15.3 Å². The number of benzene rings is 2. The number of halogens is 2. The molecule has 4 rings (SSSR count). The van der Waals surface area contributed by atoms with Crippen LogP contribution in [0.2, 0.25) is 5.02 Å². The summed E-state index contributed by atoms with van der Waals surface area (Å²) < 4.78 is 32.2. The lowest BCUT2D eigenvalue weighted by Gasteiger charge is -2.32. The van der Waals surface area contributed by atoms with Crippen molar-refractivity contribution in [2.24, 2.45) is 5.73 Å². The molecule has 1 fully saturated rings. The zero-order valence-electron chi connectivity index (χ0n) is 19.0. The lowest BCUT2D eigenvalue weighted by atomic mass is 9.76. The molecule has 1 heterocycles. The molecule has 2 aromatic carbocycles. The van der Waals surface area contributed by atoms with Gasteiger partial charge < -0.3 is 15.8 Å². The van der Waals surface area contributed by atoms with Crippen LogP contribution in [0.1, 0.15) is 55.2 Å². The third-order valence-corrected chi connectivity index (χ3v) is 8.99. The van der Waals surface area contributed by atoms with Crippen molar-refractivity contribution in [3.8, 4) is 5.75 Å². The van der Waals surface area contributed by atoms with E-state index in [0.717, 1.165) is 54.8 Å². The Labute approximate surface area is 208 Å². The lowest BCUT2D eigenvalue weighted by Crippen LogP contribution is -2.45. The van der Waals surface area contributed by atoms with Crippen molar-refractivity contribution in [1.29, 1.82) is 0 Å². The van der Waals surface area contributed by atoms with E-state index in [1.165, 1.54) is 5.56 Å². The summed E-state index contributed by atoms with van der Waals surface area (Å²) in [6.45, 7) is 2.71. The van der Waals surface area contributed by atoms with Crippen molar-refractivity contribution in [1.82, 2.24) is 5.32 Å². The Hall–Kier alpha value is -1.31.